The summed E-state index contributed by atoms with van der Waals surface area (Å²) in [6.07, 6.45) is 5.92. The summed E-state index contributed by atoms with van der Waals surface area (Å²) in [5, 5.41) is 1.07. The van der Waals surface area contributed by atoms with Crippen molar-refractivity contribution < 1.29 is 4.79 Å². The Kier molecular flexibility index (Phi) is 3.41. The summed E-state index contributed by atoms with van der Waals surface area (Å²) in [6.45, 7) is 1.76. The minimum Gasteiger partial charge on any atom is -0.351 e. The number of benzene rings is 1. The van der Waals surface area contributed by atoms with Gasteiger partial charge in [-0.2, -0.15) is 0 Å². The number of aryl methyl sites for hydroxylation is 1. The maximum absolute atomic E-state index is 12.7. The lowest BCUT2D eigenvalue weighted by Crippen LogP contribution is -2.35. The lowest BCUT2D eigenvalue weighted by atomic mass is 9.97. The van der Waals surface area contributed by atoms with Crippen molar-refractivity contribution in [1.29, 1.82) is 0 Å². The molecular weight excluding hydrogens is 288 g/mol. The molecule has 5 nitrogen and oxygen atoms in total. The molecule has 3 aromatic rings. The van der Waals surface area contributed by atoms with Crippen molar-refractivity contribution >= 4 is 16.8 Å². The van der Waals surface area contributed by atoms with Gasteiger partial charge in [-0.05, 0) is 24.5 Å². The topological polar surface area (TPSA) is 53.9 Å². The van der Waals surface area contributed by atoms with Crippen LogP contribution < -0.4 is 0 Å². The van der Waals surface area contributed by atoms with Crippen LogP contribution in [0, 0.1) is 5.92 Å². The van der Waals surface area contributed by atoms with E-state index in [-0.39, 0.29) is 5.91 Å². The zero-order valence-corrected chi connectivity index (χ0v) is 13.2. The smallest absolute Gasteiger partial charge is 0.270 e. The van der Waals surface area contributed by atoms with Gasteiger partial charge in [-0.25, -0.2) is 4.98 Å². The minimum atomic E-state index is 0.0510. The Morgan fingerprint density at radius 1 is 1.43 bits per heavy atom. The van der Waals surface area contributed by atoms with Crippen LogP contribution in [0.3, 0.4) is 0 Å². The SMILES string of the molecule is CN(CC1CCn2ccnc2C1)C(=O)c1cc2ccccc2[nH]1. The first-order chi connectivity index (χ1) is 11.2. The molecule has 2 aromatic heterocycles. The molecule has 0 bridgehead atoms. The number of aromatic amines is 1. The van der Waals surface area contributed by atoms with Crippen molar-refractivity contribution in [2.75, 3.05) is 13.6 Å². The van der Waals surface area contributed by atoms with Gasteiger partial charge in [0.15, 0.2) is 0 Å². The first-order valence-corrected chi connectivity index (χ1v) is 8.04. The number of hydrogen-bond donors (Lipinski definition) is 1. The molecule has 3 heterocycles. The van der Waals surface area contributed by atoms with Crippen molar-refractivity contribution in [2.45, 2.75) is 19.4 Å². The molecule has 4 rings (SSSR count). The molecule has 1 atom stereocenters. The fourth-order valence-corrected chi connectivity index (χ4v) is 3.44. The molecule has 1 N–H and O–H groups in total. The Morgan fingerprint density at radius 2 is 2.30 bits per heavy atom. The van der Waals surface area contributed by atoms with Crippen LogP contribution >= 0.6 is 0 Å². The number of imidazole rings is 1. The summed E-state index contributed by atoms with van der Waals surface area (Å²) in [5.41, 5.74) is 1.66. The normalized spacial score (nSPS) is 17.2. The highest BCUT2D eigenvalue weighted by molar-refractivity contribution is 5.97. The quantitative estimate of drug-likeness (QED) is 0.809. The second kappa shape index (κ2) is 5.57. The number of nitrogens with one attached hydrogen (secondary N) is 1. The Labute approximate surface area is 134 Å². The number of carbonyl (C=O) groups is 1. The third kappa shape index (κ3) is 2.63. The molecule has 118 valence electrons. The van der Waals surface area contributed by atoms with E-state index in [9.17, 15) is 4.79 Å². The molecule has 1 unspecified atom stereocenters. The zero-order chi connectivity index (χ0) is 15.8. The fourth-order valence-electron chi connectivity index (χ4n) is 3.44. The minimum absolute atomic E-state index is 0.0510. The third-order valence-corrected chi connectivity index (χ3v) is 4.69. The highest BCUT2D eigenvalue weighted by Crippen LogP contribution is 2.21. The summed E-state index contributed by atoms with van der Waals surface area (Å²) in [4.78, 5) is 22.1. The van der Waals surface area contributed by atoms with Crippen molar-refractivity contribution in [3.8, 4) is 0 Å². The molecule has 0 saturated carbocycles. The molecule has 0 spiro atoms. The molecule has 0 saturated heterocycles. The van der Waals surface area contributed by atoms with Gasteiger partial charge < -0.3 is 14.5 Å². The van der Waals surface area contributed by atoms with E-state index in [1.807, 2.05) is 54.7 Å². The summed E-state index contributed by atoms with van der Waals surface area (Å²) in [6, 6.07) is 9.90. The lowest BCUT2D eigenvalue weighted by Gasteiger charge is -2.27. The standard InChI is InChI=1S/C18H20N4O/c1-21(12-13-6-8-22-9-7-19-17(22)10-13)18(23)16-11-14-4-2-3-5-15(14)20-16/h2-5,7,9,11,13,20H,6,8,10,12H2,1H3. The first-order valence-electron chi connectivity index (χ1n) is 8.04. The number of fused-ring (bicyclic) bond motifs is 2. The average molecular weight is 308 g/mol. The maximum Gasteiger partial charge on any atom is 0.270 e. The van der Waals surface area contributed by atoms with E-state index in [4.69, 9.17) is 0 Å². The van der Waals surface area contributed by atoms with E-state index in [0.717, 1.165) is 42.7 Å². The first kappa shape index (κ1) is 14.1. The molecule has 0 aliphatic carbocycles. The number of amides is 1. The molecular formula is C18H20N4O. The number of carbonyl (C=O) groups excluding carboxylic acids is 1. The van der Waals surface area contributed by atoms with Gasteiger partial charge in [-0.1, -0.05) is 18.2 Å². The van der Waals surface area contributed by atoms with Crippen LogP contribution in [-0.2, 0) is 13.0 Å². The third-order valence-electron chi connectivity index (χ3n) is 4.69. The van der Waals surface area contributed by atoms with Crippen LogP contribution in [0.1, 0.15) is 22.7 Å². The van der Waals surface area contributed by atoms with E-state index < -0.39 is 0 Å². The number of H-pyrrole nitrogens is 1. The Morgan fingerprint density at radius 3 is 3.17 bits per heavy atom. The fraction of sp³-hybridized carbons (Fsp3) is 0.333. The van der Waals surface area contributed by atoms with Gasteiger partial charge in [0.1, 0.15) is 11.5 Å². The Bertz CT molecular complexity index is 814. The van der Waals surface area contributed by atoms with Crippen LogP contribution in [0.5, 0.6) is 0 Å². The highest BCUT2D eigenvalue weighted by Gasteiger charge is 2.23. The molecule has 1 aliphatic rings. The largest absolute Gasteiger partial charge is 0.351 e. The van der Waals surface area contributed by atoms with Crippen molar-refractivity contribution in [3.05, 3.63) is 54.2 Å². The van der Waals surface area contributed by atoms with E-state index in [1.54, 1.807) is 0 Å². The number of nitrogens with zero attached hydrogens (tertiary/aromatic N) is 3. The summed E-state index contributed by atoms with van der Waals surface area (Å²) in [7, 11) is 1.88. The van der Waals surface area contributed by atoms with Crippen LogP contribution in [0.2, 0.25) is 0 Å². The van der Waals surface area contributed by atoms with Gasteiger partial charge in [-0.3, -0.25) is 4.79 Å². The predicted octanol–water partition coefficient (Wildman–Crippen LogP) is 2.70. The monoisotopic (exact) mass is 308 g/mol. The highest BCUT2D eigenvalue weighted by atomic mass is 16.2. The van der Waals surface area contributed by atoms with Crippen LogP contribution in [-0.4, -0.2) is 38.9 Å². The number of hydrogen-bond acceptors (Lipinski definition) is 2. The van der Waals surface area contributed by atoms with Crippen molar-refractivity contribution in [3.63, 3.8) is 0 Å². The second-order valence-electron chi connectivity index (χ2n) is 6.35. The molecule has 1 amide bonds. The van der Waals surface area contributed by atoms with Gasteiger partial charge in [0.2, 0.25) is 0 Å². The number of rotatable bonds is 3. The predicted molar refractivity (Wildman–Crippen MR) is 89.3 cm³/mol. The summed E-state index contributed by atoms with van der Waals surface area (Å²) < 4.78 is 2.20. The van der Waals surface area contributed by atoms with E-state index in [2.05, 4.69) is 14.5 Å². The molecule has 5 heteroatoms. The van der Waals surface area contributed by atoms with Gasteiger partial charge in [0.25, 0.3) is 5.91 Å². The van der Waals surface area contributed by atoms with Gasteiger partial charge in [0.05, 0.1) is 0 Å². The lowest BCUT2D eigenvalue weighted by molar-refractivity contribution is 0.0759. The second-order valence-corrected chi connectivity index (χ2v) is 6.35. The summed E-state index contributed by atoms with van der Waals surface area (Å²) >= 11 is 0. The average Bonchev–Trinajstić information content (AvgIpc) is 3.19. The van der Waals surface area contributed by atoms with Gasteiger partial charge >= 0.3 is 0 Å². The van der Waals surface area contributed by atoms with Crippen LogP contribution in [0.4, 0.5) is 0 Å². The van der Waals surface area contributed by atoms with E-state index >= 15 is 0 Å². The van der Waals surface area contributed by atoms with Crippen LogP contribution in [0.25, 0.3) is 10.9 Å². The zero-order valence-electron chi connectivity index (χ0n) is 13.2. The molecule has 0 fully saturated rings. The van der Waals surface area contributed by atoms with Gasteiger partial charge in [-0.15, -0.1) is 0 Å². The number of aromatic nitrogens is 3. The van der Waals surface area contributed by atoms with E-state index in [0.29, 0.717) is 11.6 Å². The number of para-hydroxylation sites is 1. The van der Waals surface area contributed by atoms with Gasteiger partial charge in [0, 0.05) is 49.9 Å². The van der Waals surface area contributed by atoms with Crippen molar-refractivity contribution in [1.82, 2.24) is 19.4 Å². The molecule has 1 aromatic carbocycles. The van der Waals surface area contributed by atoms with Crippen molar-refractivity contribution in [2.24, 2.45) is 5.92 Å². The van der Waals surface area contributed by atoms with Crippen LogP contribution in [0.15, 0.2) is 42.7 Å². The molecule has 23 heavy (non-hydrogen) atoms. The Balaban J connectivity index is 1.46. The Hall–Kier alpha value is -2.56. The summed E-state index contributed by atoms with van der Waals surface area (Å²) in [5.74, 6) is 1.66. The maximum atomic E-state index is 12.7. The molecule has 0 radical (unpaired) electrons. The molecule has 1 aliphatic heterocycles. The van der Waals surface area contributed by atoms with E-state index in [1.165, 1.54) is 0 Å².